The van der Waals surface area contributed by atoms with Crippen LogP contribution < -0.4 is 0 Å². The number of ether oxygens (including phenoxy) is 11. The van der Waals surface area contributed by atoms with Crippen molar-refractivity contribution in [3.63, 3.8) is 0 Å². The number of rotatable bonds is 21. The molecule has 12 nitrogen and oxygen atoms in total. The maximum Gasteiger partial charge on any atom is 0.303 e. The van der Waals surface area contributed by atoms with Gasteiger partial charge in [0, 0.05) is 6.92 Å². The summed E-state index contributed by atoms with van der Waals surface area (Å²) in [6.45, 7) is 6.38. The number of hydrogen-bond acceptors (Lipinski definition) is 12. The predicted molar refractivity (Wildman–Crippen MR) is 235 cm³/mol. The van der Waals surface area contributed by atoms with Gasteiger partial charge in [-0.2, -0.15) is 0 Å². The average Bonchev–Trinajstić information content (AvgIpc) is 3.80. The smallest absolute Gasteiger partial charge is 0.303 e. The minimum Gasteiger partial charge on any atom is -0.457 e. The number of benzene rings is 5. The monoisotopic (exact) mass is 874 g/mol. The molecule has 3 aliphatic heterocycles. The molecule has 8 rings (SSSR count). The largest absolute Gasteiger partial charge is 0.457 e. The van der Waals surface area contributed by atoms with Gasteiger partial charge in [-0.05, 0) is 41.7 Å². The highest BCUT2D eigenvalue weighted by Gasteiger charge is 2.58. The van der Waals surface area contributed by atoms with Gasteiger partial charge in [-0.15, -0.1) is 0 Å². The van der Waals surface area contributed by atoms with E-state index >= 15 is 0 Å². The molecule has 12 heteroatoms. The maximum atomic E-state index is 12.9. The highest BCUT2D eigenvalue weighted by molar-refractivity contribution is 5.66. The van der Waals surface area contributed by atoms with Crippen LogP contribution in [0.1, 0.15) is 48.6 Å². The molecule has 0 bridgehead atoms. The average molecular weight is 875 g/mol. The molecule has 0 saturated carbocycles. The molecule has 0 radical (unpaired) electrons. The van der Waals surface area contributed by atoms with Crippen molar-refractivity contribution in [1.82, 2.24) is 0 Å². The Bertz CT molecular complexity index is 2130. The lowest BCUT2D eigenvalue weighted by atomic mass is 9.97. The molecule has 0 aromatic heterocycles. The van der Waals surface area contributed by atoms with Crippen molar-refractivity contribution in [2.24, 2.45) is 0 Å². The number of carbonyl (C=O) groups is 1. The van der Waals surface area contributed by atoms with Crippen LogP contribution in [0, 0.1) is 0 Å². The first-order valence-corrected chi connectivity index (χ1v) is 22.0. The fraction of sp³-hybridized carbons (Fsp3) is 0.404. The molecule has 0 spiro atoms. The summed E-state index contributed by atoms with van der Waals surface area (Å²) in [5, 5.41) is 0. The van der Waals surface area contributed by atoms with Gasteiger partial charge in [-0.1, -0.05) is 152 Å². The van der Waals surface area contributed by atoms with Crippen LogP contribution in [0.2, 0.25) is 0 Å². The molecule has 3 fully saturated rings. The van der Waals surface area contributed by atoms with Crippen molar-refractivity contribution in [1.29, 1.82) is 0 Å². The fourth-order valence-corrected chi connectivity index (χ4v) is 8.24. The fourth-order valence-electron chi connectivity index (χ4n) is 8.24. The van der Waals surface area contributed by atoms with Crippen LogP contribution >= 0.6 is 0 Å². The van der Waals surface area contributed by atoms with Gasteiger partial charge in [0.25, 0.3) is 0 Å². The van der Waals surface area contributed by atoms with E-state index < -0.39 is 73.2 Å². The third-order valence-electron chi connectivity index (χ3n) is 11.3. The van der Waals surface area contributed by atoms with Gasteiger partial charge in [0.1, 0.15) is 42.7 Å². The molecule has 5 aromatic carbocycles. The summed E-state index contributed by atoms with van der Waals surface area (Å²) >= 11 is 0. The zero-order valence-corrected chi connectivity index (χ0v) is 36.6. The summed E-state index contributed by atoms with van der Waals surface area (Å²) in [6.07, 6.45) is -7.83. The summed E-state index contributed by atoms with van der Waals surface area (Å²) in [7, 11) is 0. The molecule has 3 heterocycles. The van der Waals surface area contributed by atoms with Crippen LogP contribution in [-0.2, 0) is 89.9 Å². The Labute approximate surface area is 375 Å². The second-order valence-corrected chi connectivity index (χ2v) is 16.6. The van der Waals surface area contributed by atoms with Gasteiger partial charge in [0.2, 0.25) is 0 Å². The molecule has 10 atom stereocenters. The second kappa shape index (κ2) is 22.4. The summed E-state index contributed by atoms with van der Waals surface area (Å²) in [5.41, 5.74) is 4.88. The van der Waals surface area contributed by atoms with Crippen molar-refractivity contribution < 1.29 is 56.9 Å². The Morgan fingerprint density at radius 1 is 0.531 bits per heavy atom. The summed E-state index contributed by atoms with van der Waals surface area (Å²) in [6, 6.07) is 49.5. The molecular formula is C52H58O12. The summed E-state index contributed by atoms with van der Waals surface area (Å²) < 4.78 is 72.2. The molecule has 3 saturated heterocycles. The van der Waals surface area contributed by atoms with Crippen LogP contribution in [0.4, 0.5) is 0 Å². The summed E-state index contributed by atoms with van der Waals surface area (Å²) in [5.74, 6) is -1.43. The molecule has 0 aliphatic carbocycles. The number of carbonyl (C=O) groups excluding carboxylic acids is 1. The van der Waals surface area contributed by atoms with Crippen LogP contribution in [0.25, 0.3) is 0 Å². The molecule has 0 amide bonds. The van der Waals surface area contributed by atoms with Crippen molar-refractivity contribution in [3.05, 3.63) is 179 Å². The van der Waals surface area contributed by atoms with Crippen molar-refractivity contribution in [2.75, 3.05) is 13.2 Å². The Morgan fingerprint density at radius 2 is 0.969 bits per heavy atom. The molecule has 3 aliphatic rings. The Balaban J connectivity index is 1.10. The number of hydrogen-bond donors (Lipinski definition) is 0. The van der Waals surface area contributed by atoms with Crippen molar-refractivity contribution in [3.8, 4) is 0 Å². The van der Waals surface area contributed by atoms with Gasteiger partial charge < -0.3 is 52.1 Å². The van der Waals surface area contributed by atoms with E-state index in [1.807, 2.05) is 166 Å². The maximum absolute atomic E-state index is 12.9. The van der Waals surface area contributed by atoms with Crippen molar-refractivity contribution in [2.45, 2.75) is 121 Å². The lowest BCUT2D eigenvalue weighted by Crippen LogP contribution is -2.62. The second-order valence-electron chi connectivity index (χ2n) is 16.6. The van der Waals surface area contributed by atoms with Crippen LogP contribution in [0.3, 0.4) is 0 Å². The lowest BCUT2D eigenvalue weighted by Gasteiger charge is -2.46. The van der Waals surface area contributed by atoms with E-state index in [2.05, 4.69) is 0 Å². The topological polar surface area (TPSA) is 119 Å². The third kappa shape index (κ3) is 12.5. The predicted octanol–water partition coefficient (Wildman–Crippen LogP) is 8.09. The van der Waals surface area contributed by atoms with E-state index in [0.29, 0.717) is 6.61 Å². The van der Waals surface area contributed by atoms with E-state index in [-0.39, 0.29) is 39.6 Å². The molecule has 0 unspecified atom stereocenters. The van der Waals surface area contributed by atoms with Crippen LogP contribution in [-0.4, -0.2) is 86.4 Å². The van der Waals surface area contributed by atoms with E-state index in [4.69, 9.17) is 52.1 Å². The van der Waals surface area contributed by atoms with Crippen LogP contribution in [0.5, 0.6) is 0 Å². The minimum absolute atomic E-state index is 0.146. The Kier molecular flexibility index (Phi) is 16.0. The van der Waals surface area contributed by atoms with Gasteiger partial charge in [-0.25, -0.2) is 0 Å². The molecular weight excluding hydrogens is 817 g/mol. The first-order valence-electron chi connectivity index (χ1n) is 22.0. The Hall–Kier alpha value is -4.83. The quantitative estimate of drug-likeness (QED) is 0.0664. The molecule has 0 N–H and O–H groups in total. The normalized spacial score (nSPS) is 26.6. The highest BCUT2D eigenvalue weighted by Crippen LogP contribution is 2.41. The summed E-state index contributed by atoms with van der Waals surface area (Å²) in [4.78, 5) is 12.9. The first kappa shape index (κ1) is 45.7. The Morgan fingerprint density at radius 3 is 1.45 bits per heavy atom. The van der Waals surface area contributed by atoms with Crippen LogP contribution in [0.15, 0.2) is 152 Å². The van der Waals surface area contributed by atoms with Gasteiger partial charge in [-0.3, -0.25) is 4.79 Å². The van der Waals surface area contributed by atoms with Gasteiger partial charge in [0.05, 0.1) is 46.2 Å². The SMILES string of the molecule is CC(=O)O[C@H](CO[C@@H]1O[C@H](COCc2ccccc2)[C@H](OCc2ccccc2)[C@H](OCc2ccccc2)[C@H]1OCc1ccccc1)[C@@H]1O[C@@H]2OC(C)(C)O[C@@H]2[C@H]1OCc1ccccc1. The minimum atomic E-state index is -1.06. The van der Waals surface area contributed by atoms with E-state index in [1.165, 1.54) is 6.92 Å². The van der Waals surface area contributed by atoms with E-state index in [9.17, 15) is 4.79 Å². The zero-order valence-electron chi connectivity index (χ0n) is 36.6. The molecule has 5 aromatic rings. The molecule has 338 valence electrons. The van der Waals surface area contributed by atoms with Gasteiger partial charge >= 0.3 is 5.97 Å². The molecule has 64 heavy (non-hydrogen) atoms. The first-order chi connectivity index (χ1) is 31.3. The number of esters is 1. The van der Waals surface area contributed by atoms with E-state index in [1.54, 1.807) is 0 Å². The van der Waals surface area contributed by atoms with Gasteiger partial charge in [0.15, 0.2) is 24.5 Å². The highest BCUT2D eigenvalue weighted by atomic mass is 16.8. The zero-order chi connectivity index (χ0) is 44.1. The number of fused-ring (bicyclic) bond motifs is 1. The van der Waals surface area contributed by atoms with E-state index in [0.717, 1.165) is 27.8 Å². The standard InChI is InChI=1S/C52H58O12/c1-36(53)60-43(45-47(57-32-40-25-15-7-16-26-40)49-51(62-45)64-52(2,3)63-49)35-59-50-48(58-33-41-27-17-8-18-28-41)46(56-31-39-23-13-6-14-24-39)44(55-30-38-21-11-5-12-22-38)42(61-50)34-54-29-37-19-9-4-10-20-37/h4-28,42-51H,29-35H2,1-3H3/t42-,43-,44+,45+,46+,47+,48-,49-,50-,51-/m1/s1. The third-order valence-corrected chi connectivity index (χ3v) is 11.3. The lowest BCUT2D eigenvalue weighted by molar-refractivity contribution is -0.333. The van der Waals surface area contributed by atoms with Crippen molar-refractivity contribution >= 4 is 5.97 Å².